The number of aromatic nitrogens is 3. The molecule has 174 valence electrons. The normalized spacial score (nSPS) is 26.1. The van der Waals surface area contributed by atoms with Gasteiger partial charge in [-0.25, -0.2) is 4.98 Å². The van der Waals surface area contributed by atoms with Crippen LogP contribution in [0.15, 0.2) is 42.7 Å². The number of aryl methyl sites for hydroxylation is 1. The Morgan fingerprint density at radius 2 is 1.91 bits per heavy atom. The van der Waals surface area contributed by atoms with Crippen LogP contribution in [0.4, 0.5) is 5.82 Å². The first-order chi connectivity index (χ1) is 16.3. The molecule has 2 N–H and O–H groups in total. The molecule has 0 amide bonds. The second-order valence-electron chi connectivity index (χ2n) is 10.3. The molecule has 33 heavy (non-hydrogen) atoms. The Bertz CT molecular complexity index is 1110. The van der Waals surface area contributed by atoms with Crippen molar-refractivity contribution in [2.75, 3.05) is 31.1 Å². The Morgan fingerprint density at radius 3 is 2.85 bits per heavy atom. The van der Waals surface area contributed by atoms with Gasteiger partial charge in [-0.2, -0.15) is 0 Å². The zero-order valence-electron chi connectivity index (χ0n) is 19.6. The van der Waals surface area contributed by atoms with Crippen molar-refractivity contribution in [3.8, 4) is 0 Å². The van der Waals surface area contributed by atoms with Gasteiger partial charge in [0.15, 0.2) is 0 Å². The van der Waals surface area contributed by atoms with Gasteiger partial charge in [0.25, 0.3) is 0 Å². The number of piperidine rings is 1. The molecule has 3 aliphatic rings. The molecule has 0 spiro atoms. The van der Waals surface area contributed by atoms with Gasteiger partial charge in [-0.05, 0) is 93.6 Å². The van der Waals surface area contributed by atoms with Gasteiger partial charge in [0, 0.05) is 32.0 Å². The van der Waals surface area contributed by atoms with Crippen molar-refractivity contribution in [3.63, 3.8) is 0 Å². The molecule has 0 radical (unpaired) electrons. The van der Waals surface area contributed by atoms with E-state index in [9.17, 15) is 0 Å². The van der Waals surface area contributed by atoms with Crippen LogP contribution in [0, 0.1) is 11.8 Å². The third kappa shape index (κ3) is 4.04. The first-order valence-electron chi connectivity index (χ1n) is 12.9. The summed E-state index contributed by atoms with van der Waals surface area (Å²) in [5, 5.41) is 0. The fourth-order valence-corrected chi connectivity index (χ4v) is 6.52. The molecule has 5 heterocycles. The summed E-state index contributed by atoms with van der Waals surface area (Å²) in [5.41, 5.74) is 11.0. The third-order valence-electron chi connectivity index (χ3n) is 8.24. The Labute approximate surface area is 196 Å². The van der Waals surface area contributed by atoms with Gasteiger partial charge in [-0.1, -0.05) is 12.1 Å². The Balaban J connectivity index is 1.27. The molecule has 6 rings (SSSR count). The summed E-state index contributed by atoms with van der Waals surface area (Å²) in [5.74, 6) is 2.65. The number of hydrogen-bond acceptors (Lipinski definition) is 5. The predicted octanol–water partition coefficient (Wildman–Crippen LogP) is 4.19. The molecule has 2 saturated heterocycles. The largest absolute Gasteiger partial charge is 0.358 e. The van der Waals surface area contributed by atoms with Gasteiger partial charge in [-0.15, -0.1) is 0 Å². The highest BCUT2D eigenvalue weighted by Gasteiger charge is 2.37. The minimum Gasteiger partial charge on any atom is -0.358 e. The number of fused-ring (bicyclic) bond motifs is 4. The summed E-state index contributed by atoms with van der Waals surface area (Å²) in [4.78, 5) is 15.1. The van der Waals surface area contributed by atoms with E-state index < -0.39 is 0 Å². The van der Waals surface area contributed by atoms with Crippen molar-refractivity contribution in [1.82, 2.24) is 19.3 Å². The van der Waals surface area contributed by atoms with E-state index in [1.165, 1.54) is 67.7 Å². The van der Waals surface area contributed by atoms with Crippen molar-refractivity contribution in [2.45, 2.75) is 57.5 Å². The lowest BCUT2D eigenvalue weighted by molar-refractivity contribution is 0.0687. The van der Waals surface area contributed by atoms with E-state index in [-0.39, 0.29) is 0 Å². The first kappa shape index (κ1) is 21.1. The van der Waals surface area contributed by atoms with Crippen molar-refractivity contribution in [2.24, 2.45) is 17.6 Å². The number of likely N-dealkylation sites (tertiary alicyclic amines) is 1. The SMILES string of the molecule is NCC1CCCN(c2cccc3nc(CN4CCCC5CCc6cccnc6C54)cn23)CC1. The fraction of sp³-hybridized carbons (Fsp3) is 0.556. The summed E-state index contributed by atoms with van der Waals surface area (Å²) < 4.78 is 2.31. The Kier molecular flexibility index (Phi) is 5.80. The van der Waals surface area contributed by atoms with Crippen LogP contribution in [0.1, 0.15) is 61.5 Å². The maximum absolute atomic E-state index is 5.97. The molecule has 0 bridgehead atoms. The first-order valence-corrected chi connectivity index (χ1v) is 12.9. The highest BCUT2D eigenvalue weighted by molar-refractivity contribution is 5.52. The monoisotopic (exact) mass is 444 g/mol. The molecule has 2 fully saturated rings. The quantitative estimate of drug-likeness (QED) is 0.654. The average molecular weight is 445 g/mol. The molecular formula is C27H36N6. The molecular weight excluding hydrogens is 408 g/mol. The maximum Gasteiger partial charge on any atom is 0.138 e. The Hall–Kier alpha value is -2.44. The number of nitrogens with two attached hydrogens (primary N) is 1. The van der Waals surface area contributed by atoms with E-state index in [0.29, 0.717) is 12.0 Å². The van der Waals surface area contributed by atoms with Gasteiger partial charge >= 0.3 is 0 Å². The number of hydrogen-bond donors (Lipinski definition) is 1. The number of rotatable bonds is 4. The number of imidazole rings is 1. The molecule has 3 aromatic rings. The summed E-state index contributed by atoms with van der Waals surface area (Å²) >= 11 is 0. The summed E-state index contributed by atoms with van der Waals surface area (Å²) in [7, 11) is 0. The highest BCUT2D eigenvalue weighted by Crippen LogP contribution is 2.43. The van der Waals surface area contributed by atoms with E-state index in [4.69, 9.17) is 15.7 Å². The van der Waals surface area contributed by atoms with Crippen molar-refractivity contribution in [3.05, 3.63) is 59.7 Å². The molecule has 3 unspecified atom stereocenters. The van der Waals surface area contributed by atoms with Crippen molar-refractivity contribution >= 4 is 11.5 Å². The Morgan fingerprint density at radius 1 is 0.970 bits per heavy atom. The molecule has 6 heteroatoms. The van der Waals surface area contributed by atoms with Crippen LogP contribution in [0.25, 0.3) is 5.65 Å². The molecule has 1 aliphatic carbocycles. The second-order valence-corrected chi connectivity index (χ2v) is 10.3. The number of anilines is 1. The second kappa shape index (κ2) is 9.07. The van der Waals surface area contributed by atoms with Crippen molar-refractivity contribution in [1.29, 1.82) is 0 Å². The summed E-state index contributed by atoms with van der Waals surface area (Å²) in [6.07, 6.45) is 12.9. The molecule has 3 aromatic heterocycles. The van der Waals surface area contributed by atoms with E-state index >= 15 is 0 Å². The predicted molar refractivity (Wildman–Crippen MR) is 132 cm³/mol. The smallest absolute Gasteiger partial charge is 0.138 e. The minimum absolute atomic E-state index is 0.437. The van der Waals surface area contributed by atoms with Crippen LogP contribution < -0.4 is 10.6 Å². The lowest BCUT2D eigenvalue weighted by Crippen LogP contribution is -2.41. The van der Waals surface area contributed by atoms with Crippen LogP contribution in [-0.2, 0) is 13.0 Å². The fourth-order valence-electron chi connectivity index (χ4n) is 6.52. The topological polar surface area (TPSA) is 62.7 Å². The van der Waals surface area contributed by atoms with Crippen LogP contribution in [0.5, 0.6) is 0 Å². The average Bonchev–Trinajstić information content (AvgIpc) is 3.11. The zero-order valence-corrected chi connectivity index (χ0v) is 19.6. The van der Waals surface area contributed by atoms with E-state index in [2.05, 4.69) is 50.7 Å². The lowest BCUT2D eigenvalue weighted by atomic mass is 9.77. The van der Waals surface area contributed by atoms with Crippen molar-refractivity contribution < 1.29 is 0 Å². The number of nitrogens with zero attached hydrogens (tertiary/aromatic N) is 5. The molecule has 3 atom stereocenters. The van der Waals surface area contributed by atoms with Crippen LogP contribution in [0.3, 0.4) is 0 Å². The lowest BCUT2D eigenvalue weighted by Gasteiger charge is -2.44. The molecule has 0 saturated carbocycles. The van der Waals surface area contributed by atoms with Gasteiger partial charge in [0.05, 0.1) is 17.4 Å². The maximum atomic E-state index is 5.97. The summed E-state index contributed by atoms with van der Waals surface area (Å²) in [6.45, 7) is 5.01. The van der Waals surface area contributed by atoms with Crippen LogP contribution in [0.2, 0.25) is 0 Å². The molecule has 0 aromatic carbocycles. The molecule has 6 nitrogen and oxygen atoms in total. The molecule has 2 aliphatic heterocycles. The van der Waals surface area contributed by atoms with Crippen LogP contribution >= 0.6 is 0 Å². The van der Waals surface area contributed by atoms with Gasteiger partial charge in [-0.3, -0.25) is 14.3 Å². The van der Waals surface area contributed by atoms with E-state index in [1.807, 2.05) is 6.20 Å². The van der Waals surface area contributed by atoms with Gasteiger partial charge < -0.3 is 10.6 Å². The van der Waals surface area contributed by atoms with Gasteiger partial charge in [0.2, 0.25) is 0 Å². The standard InChI is InChI=1S/C27H36N6/c28-17-20-5-3-14-31(16-12-20)25-9-1-8-24-30-23(19-33(24)25)18-32-15-4-7-22-11-10-21-6-2-13-29-26(21)27(22)32/h1-2,6,8-9,13,19-20,22,27H,3-5,7,10-12,14-18,28H2. The van der Waals surface area contributed by atoms with Gasteiger partial charge in [0.1, 0.15) is 11.5 Å². The van der Waals surface area contributed by atoms with E-state index in [1.54, 1.807) is 0 Å². The van der Waals surface area contributed by atoms with Crippen LogP contribution in [-0.4, -0.2) is 45.4 Å². The zero-order chi connectivity index (χ0) is 22.2. The van der Waals surface area contributed by atoms with E-state index in [0.717, 1.165) is 44.3 Å². The number of pyridine rings is 2. The highest BCUT2D eigenvalue weighted by atomic mass is 15.2. The minimum atomic E-state index is 0.437. The third-order valence-corrected chi connectivity index (χ3v) is 8.24. The summed E-state index contributed by atoms with van der Waals surface area (Å²) in [6, 6.07) is 11.4.